The Balaban J connectivity index is 1.55. The van der Waals surface area contributed by atoms with Gasteiger partial charge in [0.1, 0.15) is 11.7 Å². The monoisotopic (exact) mass is 375 g/mol. The summed E-state index contributed by atoms with van der Waals surface area (Å²) in [6, 6.07) is 3.98. The molecule has 2 fully saturated rings. The van der Waals surface area contributed by atoms with Gasteiger partial charge < -0.3 is 19.3 Å². The van der Waals surface area contributed by atoms with E-state index in [1.807, 2.05) is 31.7 Å². The topological polar surface area (TPSA) is 72.0 Å². The Morgan fingerprint density at radius 2 is 1.81 bits per heavy atom. The van der Waals surface area contributed by atoms with Crippen LogP contribution in [0.1, 0.15) is 52.0 Å². The predicted molar refractivity (Wildman–Crippen MR) is 101 cm³/mol. The largest absolute Gasteiger partial charge is 0.470 e. The van der Waals surface area contributed by atoms with Crippen LogP contribution in [0.3, 0.4) is 0 Å². The number of piperidine rings is 1. The van der Waals surface area contributed by atoms with E-state index in [4.69, 9.17) is 9.47 Å². The second-order valence-electron chi connectivity index (χ2n) is 8.30. The summed E-state index contributed by atoms with van der Waals surface area (Å²) in [6.45, 7) is 9.74. The molecular formula is C20H29N3O4. The van der Waals surface area contributed by atoms with Crippen molar-refractivity contribution in [2.24, 2.45) is 0 Å². The van der Waals surface area contributed by atoms with Crippen LogP contribution in [0.25, 0.3) is 0 Å². The van der Waals surface area contributed by atoms with E-state index < -0.39 is 5.60 Å². The van der Waals surface area contributed by atoms with Gasteiger partial charge in [-0.3, -0.25) is 4.79 Å². The lowest BCUT2D eigenvalue weighted by Crippen LogP contribution is -2.57. The van der Waals surface area contributed by atoms with E-state index in [9.17, 15) is 9.59 Å². The van der Waals surface area contributed by atoms with Crippen molar-refractivity contribution in [2.45, 2.75) is 58.2 Å². The summed E-state index contributed by atoms with van der Waals surface area (Å²) in [4.78, 5) is 31.5. The van der Waals surface area contributed by atoms with Crippen molar-refractivity contribution in [1.82, 2.24) is 14.8 Å². The lowest BCUT2D eigenvalue weighted by molar-refractivity contribution is -0.129. The van der Waals surface area contributed by atoms with E-state index >= 15 is 0 Å². The molecule has 0 N–H and O–H groups in total. The third-order valence-corrected chi connectivity index (χ3v) is 4.96. The van der Waals surface area contributed by atoms with Gasteiger partial charge in [-0.15, -0.1) is 0 Å². The highest BCUT2D eigenvalue weighted by Crippen LogP contribution is 2.34. The average Bonchev–Trinajstić information content (AvgIpc) is 2.56. The van der Waals surface area contributed by atoms with Crippen LogP contribution in [0.15, 0.2) is 18.3 Å². The van der Waals surface area contributed by atoms with Crippen molar-refractivity contribution in [3.05, 3.63) is 23.9 Å². The van der Waals surface area contributed by atoms with Crippen LogP contribution < -0.4 is 4.74 Å². The van der Waals surface area contributed by atoms with Crippen LogP contribution in [-0.2, 0) is 9.53 Å². The standard InChI is InChI=1S/C20H29N3O4/c1-14(24)22-10-7-15(8-11-22)17-6-5-9-21-18(17)26-16-12-23(13-16)19(25)27-20(2,3)4/h5-6,9,15-16H,7-8,10-13H2,1-4H3. The SMILES string of the molecule is CC(=O)N1CCC(c2cccnc2OC2CN(C(=O)OC(C)(C)C)C2)CC1. The van der Waals surface area contributed by atoms with Gasteiger partial charge >= 0.3 is 6.09 Å². The van der Waals surface area contributed by atoms with E-state index in [2.05, 4.69) is 11.1 Å². The van der Waals surface area contributed by atoms with Crippen molar-refractivity contribution in [3.63, 3.8) is 0 Å². The van der Waals surface area contributed by atoms with Gasteiger partial charge in [0.15, 0.2) is 0 Å². The third kappa shape index (κ3) is 4.90. The van der Waals surface area contributed by atoms with Crippen LogP contribution >= 0.6 is 0 Å². The van der Waals surface area contributed by atoms with Gasteiger partial charge in [0, 0.05) is 31.8 Å². The molecular weight excluding hydrogens is 346 g/mol. The maximum Gasteiger partial charge on any atom is 0.410 e. The van der Waals surface area contributed by atoms with Crippen molar-refractivity contribution in [3.8, 4) is 5.88 Å². The zero-order chi connectivity index (χ0) is 19.6. The van der Waals surface area contributed by atoms with E-state index in [-0.39, 0.29) is 18.1 Å². The van der Waals surface area contributed by atoms with E-state index in [0.29, 0.717) is 24.9 Å². The van der Waals surface area contributed by atoms with Crippen LogP contribution in [0.4, 0.5) is 4.79 Å². The molecule has 0 aliphatic carbocycles. The van der Waals surface area contributed by atoms with Gasteiger partial charge in [-0.25, -0.2) is 9.78 Å². The minimum Gasteiger partial charge on any atom is -0.470 e. The summed E-state index contributed by atoms with van der Waals surface area (Å²) in [5, 5.41) is 0. The number of rotatable bonds is 3. The molecule has 1 aromatic rings. The maximum atomic E-state index is 12.0. The van der Waals surface area contributed by atoms with Gasteiger partial charge in [-0.05, 0) is 45.6 Å². The number of amides is 2. The minimum atomic E-state index is -0.494. The van der Waals surface area contributed by atoms with Crippen LogP contribution in [-0.4, -0.2) is 64.7 Å². The Hall–Kier alpha value is -2.31. The normalized spacial score (nSPS) is 18.8. The van der Waals surface area contributed by atoms with Crippen LogP contribution in [0.5, 0.6) is 5.88 Å². The molecule has 0 atom stereocenters. The number of carbonyl (C=O) groups is 2. The predicted octanol–water partition coefficient (Wildman–Crippen LogP) is 2.81. The molecule has 1 aromatic heterocycles. The number of aromatic nitrogens is 1. The fourth-order valence-corrected chi connectivity index (χ4v) is 3.46. The average molecular weight is 375 g/mol. The smallest absolute Gasteiger partial charge is 0.410 e. The molecule has 2 aliphatic heterocycles. The zero-order valence-electron chi connectivity index (χ0n) is 16.6. The number of likely N-dealkylation sites (tertiary alicyclic amines) is 2. The number of carbonyl (C=O) groups excluding carboxylic acids is 2. The summed E-state index contributed by atoms with van der Waals surface area (Å²) >= 11 is 0. The summed E-state index contributed by atoms with van der Waals surface area (Å²) < 4.78 is 11.5. The Labute approximate surface area is 160 Å². The molecule has 148 valence electrons. The van der Waals surface area contributed by atoms with Crippen molar-refractivity contribution in [2.75, 3.05) is 26.2 Å². The van der Waals surface area contributed by atoms with Gasteiger partial charge in [-0.2, -0.15) is 0 Å². The maximum absolute atomic E-state index is 12.0. The molecule has 0 bridgehead atoms. The first-order chi connectivity index (χ1) is 12.7. The first-order valence-electron chi connectivity index (χ1n) is 9.58. The lowest BCUT2D eigenvalue weighted by Gasteiger charge is -2.39. The Bertz CT molecular complexity index is 687. The molecule has 2 amide bonds. The number of nitrogens with zero attached hydrogens (tertiary/aromatic N) is 3. The van der Waals surface area contributed by atoms with E-state index in [1.54, 1.807) is 18.0 Å². The molecule has 7 heteroatoms. The zero-order valence-corrected chi connectivity index (χ0v) is 16.6. The molecule has 0 aromatic carbocycles. The van der Waals surface area contributed by atoms with Crippen molar-refractivity contribution in [1.29, 1.82) is 0 Å². The fraction of sp³-hybridized carbons (Fsp3) is 0.650. The molecule has 3 heterocycles. The molecule has 3 rings (SSSR count). The summed E-state index contributed by atoms with van der Waals surface area (Å²) in [5.74, 6) is 1.12. The molecule has 0 saturated carbocycles. The van der Waals surface area contributed by atoms with Gasteiger partial charge in [-0.1, -0.05) is 6.07 Å². The number of pyridine rings is 1. The van der Waals surface area contributed by atoms with Gasteiger partial charge in [0.2, 0.25) is 11.8 Å². The Morgan fingerprint density at radius 1 is 1.15 bits per heavy atom. The number of hydrogen-bond acceptors (Lipinski definition) is 5. The van der Waals surface area contributed by atoms with Crippen LogP contribution in [0, 0.1) is 0 Å². The molecule has 2 aliphatic rings. The quantitative estimate of drug-likeness (QED) is 0.812. The first kappa shape index (κ1) is 19.5. The van der Waals surface area contributed by atoms with Gasteiger partial charge in [0.05, 0.1) is 13.1 Å². The summed E-state index contributed by atoms with van der Waals surface area (Å²) in [7, 11) is 0. The Kier molecular flexibility index (Phi) is 5.58. The summed E-state index contributed by atoms with van der Waals surface area (Å²) in [6.07, 6.45) is 3.18. The second-order valence-corrected chi connectivity index (χ2v) is 8.30. The third-order valence-electron chi connectivity index (χ3n) is 4.96. The van der Waals surface area contributed by atoms with Crippen molar-refractivity contribution < 1.29 is 19.1 Å². The van der Waals surface area contributed by atoms with Crippen molar-refractivity contribution >= 4 is 12.0 Å². The number of ether oxygens (including phenoxy) is 2. The molecule has 0 spiro atoms. The molecule has 0 unspecified atom stereocenters. The van der Waals surface area contributed by atoms with Gasteiger partial charge in [0.25, 0.3) is 0 Å². The summed E-state index contributed by atoms with van der Waals surface area (Å²) in [5.41, 5.74) is 0.600. The highest BCUT2D eigenvalue weighted by molar-refractivity contribution is 5.73. The highest BCUT2D eigenvalue weighted by Gasteiger charge is 2.36. The molecule has 7 nitrogen and oxygen atoms in total. The molecule has 2 saturated heterocycles. The number of hydrogen-bond donors (Lipinski definition) is 0. The molecule has 0 radical (unpaired) electrons. The van der Waals surface area contributed by atoms with E-state index in [1.165, 1.54) is 0 Å². The molecule has 27 heavy (non-hydrogen) atoms. The second kappa shape index (κ2) is 7.74. The highest BCUT2D eigenvalue weighted by atomic mass is 16.6. The van der Waals surface area contributed by atoms with Crippen LogP contribution in [0.2, 0.25) is 0 Å². The first-order valence-corrected chi connectivity index (χ1v) is 9.58. The minimum absolute atomic E-state index is 0.0662. The lowest BCUT2D eigenvalue weighted by atomic mass is 9.90. The Morgan fingerprint density at radius 3 is 2.41 bits per heavy atom. The van der Waals surface area contributed by atoms with E-state index in [0.717, 1.165) is 31.5 Å². The fourth-order valence-electron chi connectivity index (χ4n) is 3.46.